The average Bonchev–Trinajstić information content (AvgIpc) is 3.12. The Balaban J connectivity index is 1.22. The summed E-state index contributed by atoms with van der Waals surface area (Å²) in [5, 5.41) is 2.64. The molecule has 2 nitrogen and oxygen atoms in total. The van der Waals surface area contributed by atoms with Crippen LogP contribution in [0.1, 0.15) is 29.0 Å². The molecule has 0 aromatic heterocycles. The Labute approximate surface area is 279 Å². The quantitative estimate of drug-likeness (QED) is 0.179. The highest BCUT2D eigenvalue weighted by Crippen LogP contribution is 2.50. The van der Waals surface area contributed by atoms with Crippen LogP contribution in [0.25, 0.3) is 10.8 Å². The highest BCUT2D eigenvalue weighted by Gasteiger charge is 2.40. The first kappa shape index (κ1) is 27.0. The van der Waals surface area contributed by atoms with Crippen molar-refractivity contribution in [2.24, 2.45) is 0 Å². The minimum atomic E-state index is 0.117. The zero-order chi connectivity index (χ0) is 30.9. The van der Waals surface area contributed by atoms with Gasteiger partial charge in [-0.3, -0.25) is 0 Å². The summed E-state index contributed by atoms with van der Waals surface area (Å²) in [5.74, 6) is 2.17. The smallest absolute Gasteiger partial charge is 0.253 e. The predicted octanol–water partition coefficient (Wildman–Crippen LogP) is 9.47. The molecule has 3 aliphatic heterocycles. The lowest BCUT2D eigenvalue weighted by Gasteiger charge is -2.38. The molecule has 0 amide bonds. The molecule has 0 bridgehead atoms. The lowest BCUT2D eigenvalue weighted by Crippen LogP contribution is -2.57. The highest BCUT2D eigenvalue weighted by molar-refractivity contribution is 8.00. The normalized spacial score (nSPS) is 15.7. The summed E-state index contributed by atoms with van der Waals surface area (Å²) in [5.41, 5.74) is 11.7. The highest BCUT2D eigenvalue weighted by atomic mass is 32.2. The summed E-state index contributed by atoms with van der Waals surface area (Å²) < 4.78 is 6.47. The van der Waals surface area contributed by atoms with Gasteiger partial charge >= 0.3 is 0 Å². The van der Waals surface area contributed by atoms with Gasteiger partial charge in [-0.2, -0.15) is 0 Å². The van der Waals surface area contributed by atoms with Gasteiger partial charge in [-0.1, -0.05) is 132 Å². The average molecular weight is 620 g/mol. The molecule has 7 aromatic carbocycles. The molecule has 0 aliphatic carbocycles. The molecule has 0 spiro atoms. The Morgan fingerprint density at radius 2 is 1.26 bits per heavy atom. The monoisotopic (exact) mass is 619 g/mol. The molecular formula is C43H30BNOS. The molecule has 47 heavy (non-hydrogen) atoms. The zero-order valence-corrected chi connectivity index (χ0v) is 26.6. The summed E-state index contributed by atoms with van der Waals surface area (Å²) >= 11 is 1.88. The van der Waals surface area contributed by atoms with Crippen molar-refractivity contribution in [2.45, 2.75) is 28.6 Å². The molecule has 0 saturated carbocycles. The van der Waals surface area contributed by atoms with Gasteiger partial charge in [0, 0.05) is 27.1 Å². The van der Waals surface area contributed by atoms with Crippen molar-refractivity contribution in [1.29, 1.82) is 0 Å². The van der Waals surface area contributed by atoms with Crippen LogP contribution in [-0.2, 0) is 6.42 Å². The minimum Gasteiger partial charge on any atom is -0.458 e. The van der Waals surface area contributed by atoms with Gasteiger partial charge in [-0.25, -0.2) is 0 Å². The maximum absolute atomic E-state index is 6.47. The molecule has 3 aliphatic rings. The molecule has 10 rings (SSSR count). The number of aryl methyl sites for hydroxylation is 1. The zero-order valence-electron chi connectivity index (χ0n) is 25.8. The van der Waals surface area contributed by atoms with E-state index >= 15 is 0 Å². The molecule has 0 saturated heterocycles. The van der Waals surface area contributed by atoms with E-state index in [2.05, 4.69) is 157 Å². The minimum absolute atomic E-state index is 0.117. The largest absolute Gasteiger partial charge is 0.458 e. The van der Waals surface area contributed by atoms with E-state index in [1.54, 1.807) is 0 Å². The van der Waals surface area contributed by atoms with Crippen LogP contribution in [0.15, 0.2) is 161 Å². The fourth-order valence-corrected chi connectivity index (χ4v) is 9.47. The van der Waals surface area contributed by atoms with Crippen molar-refractivity contribution >= 4 is 62.7 Å². The summed E-state index contributed by atoms with van der Waals surface area (Å²) in [7, 11) is 0. The Hall–Kier alpha value is -5.19. The first-order valence-corrected chi connectivity index (χ1v) is 17.3. The second-order valence-electron chi connectivity index (χ2n) is 12.7. The third-order valence-electron chi connectivity index (χ3n) is 10.2. The van der Waals surface area contributed by atoms with E-state index in [4.69, 9.17) is 4.74 Å². The van der Waals surface area contributed by atoms with Gasteiger partial charge in [0.25, 0.3) is 6.71 Å². The second-order valence-corrected chi connectivity index (χ2v) is 13.8. The first-order chi connectivity index (χ1) is 23.3. The van der Waals surface area contributed by atoms with E-state index in [1.807, 2.05) is 11.8 Å². The summed E-state index contributed by atoms with van der Waals surface area (Å²) in [4.78, 5) is 5.14. The SMILES string of the molecule is c1ccc2c(c1)CCC(c1cccc3ccccc13)c1ccccc1N2c1cccc2c1Sc1cccc3c1B2c1ccccc1O3. The second kappa shape index (κ2) is 10.7. The number of benzene rings is 7. The number of hydrogen-bond donors (Lipinski definition) is 0. The summed E-state index contributed by atoms with van der Waals surface area (Å²) in [6, 6.07) is 55.8. The molecule has 1 atom stereocenters. The predicted molar refractivity (Wildman–Crippen MR) is 197 cm³/mol. The Bertz CT molecular complexity index is 2360. The molecule has 0 N–H and O–H groups in total. The van der Waals surface area contributed by atoms with Crippen LogP contribution in [0, 0.1) is 0 Å². The van der Waals surface area contributed by atoms with Crippen molar-refractivity contribution in [3.05, 3.63) is 168 Å². The number of hydrogen-bond acceptors (Lipinski definition) is 3. The van der Waals surface area contributed by atoms with Gasteiger partial charge in [0.2, 0.25) is 0 Å². The Kier molecular flexibility index (Phi) is 6.13. The number of nitrogens with zero attached hydrogens (tertiary/aromatic N) is 1. The number of para-hydroxylation sites is 3. The number of fused-ring (bicyclic) bond motifs is 7. The van der Waals surface area contributed by atoms with Crippen molar-refractivity contribution < 1.29 is 4.74 Å². The van der Waals surface area contributed by atoms with Gasteiger partial charge in [-0.05, 0) is 87.6 Å². The lowest BCUT2D eigenvalue weighted by atomic mass is 9.35. The van der Waals surface area contributed by atoms with Gasteiger partial charge in [0.1, 0.15) is 11.5 Å². The van der Waals surface area contributed by atoms with Crippen LogP contribution < -0.4 is 26.0 Å². The van der Waals surface area contributed by atoms with E-state index in [9.17, 15) is 0 Å². The number of anilines is 3. The maximum atomic E-state index is 6.47. The van der Waals surface area contributed by atoms with E-state index in [0.717, 1.165) is 24.3 Å². The van der Waals surface area contributed by atoms with Crippen LogP contribution >= 0.6 is 11.8 Å². The van der Waals surface area contributed by atoms with E-state index < -0.39 is 0 Å². The number of ether oxygens (including phenoxy) is 1. The van der Waals surface area contributed by atoms with Gasteiger partial charge in [0.15, 0.2) is 0 Å². The fraction of sp³-hybridized carbons (Fsp3) is 0.0698. The van der Waals surface area contributed by atoms with Crippen LogP contribution in [-0.4, -0.2) is 6.71 Å². The van der Waals surface area contributed by atoms with Crippen LogP contribution in [0.2, 0.25) is 0 Å². The lowest BCUT2D eigenvalue weighted by molar-refractivity contribution is 0.486. The van der Waals surface area contributed by atoms with Gasteiger partial charge < -0.3 is 9.64 Å². The molecule has 222 valence electrons. The van der Waals surface area contributed by atoms with Crippen molar-refractivity contribution in [2.75, 3.05) is 4.90 Å². The van der Waals surface area contributed by atoms with Crippen LogP contribution in [0.3, 0.4) is 0 Å². The Morgan fingerprint density at radius 1 is 0.574 bits per heavy atom. The molecule has 4 heteroatoms. The van der Waals surface area contributed by atoms with Crippen molar-refractivity contribution in [3.63, 3.8) is 0 Å². The standard InChI is InChI=1S/C43H30BNOS/c1-3-15-30-28(12-1)14-9-17-31(30)32-27-26-29-13-2-6-20-36(29)45(37-21-7-4-16-33(32)37)38-22-10-19-35-43(38)47-41-25-11-24-40-42(41)44(35)34-18-5-8-23-39(34)46-40/h1-25,32H,26-27H2. The van der Waals surface area contributed by atoms with Crippen LogP contribution in [0.4, 0.5) is 17.1 Å². The molecule has 0 radical (unpaired) electrons. The molecule has 7 aromatic rings. The summed E-state index contributed by atoms with van der Waals surface area (Å²) in [6.07, 6.45) is 2.04. The first-order valence-electron chi connectivity index (χ1n) is 16.5. The van der Waals surface area contributed by atoms with Crippen LogP contribution in [0.5, 0.6) is 11.5 Å². The van der Waals surface area contributed by atoms with Crippen molar-refractivity contribution in [1.82, 2.24) is 0 Å². The van der Waals surface area contributed by atoms with Crippen molar-refractivity contribution in [3.8, 4) is 11.5 Å². The molecule has 3 heterocycles. The Morgan fingerprint density at radius 3 is 2.23 bits per heavy atom. The summed E-state index contributed by atoms with van der Waals surface area (Å²) in [6.45, 7) is 0.117. The maximum Gasteiger partial charge on any atom is 0.253 e. The van der Waals surface area contributed by atoms with E-state index in [0.29, 0.717) is 0 Å². The fourth-order valence-electron chi connectivity index (χ4n) is 8.21. The molecular weight excluding hydrogens is 589 g/mol. The van der Waals surface area contributed by atoms with E-state index in [-0.39, 0.29) is 12.6 Å². The topological polar surface area (TPSA) is 12.5 Å². The third-order valence-corrected chi connectivity index (χ3v) is 11.5. The molecule has 1 unspecified atom stereocenters. The third kappa shape index (κ3) is 4.14. The van der Waals surface area contributed by atoms with Gasteiger partial charge in [0.05, 0.1) is 5.69 Å². The van der Waals surface area contributed by atoms with Gasteiger partial charge in [-0.15, -0.1) is 0 Å². The number of rotatable bonds is 2. The molecule has 0 fully saturated rings. The van der Waals surface area contributed by atoms with E-state index in [1.165, 1.54) is 70.7 Å².